The van der Waals surface area contributed by atoms with E-state index in [4.69, 9.17) is 9.47 Å². The number of nitrogens with one attached hydrogen (secondary N) is 1. The quantitative estimate of drug-likeness (QED) is 0.638. The van der Waals surface area contributed by atoms with Crippen molar-refractivity contribution in [3.05, 3.63) is 17.7 Å². The molecule has 0 bridgehead atoms. The van der Waals surface area contributed by atoms with Gasteiger partial charge in [0.15, 0.2) is 11.5 Å². The van der Waals surface area contributed by atoms with Crippen molar-refractivity contribution in [1.82, 2.24) is 0 Å². The van der Waals surface area contributed by atoms with E-state index >= 15 is 0 Å². The SMILES string of the molecule is OC1CNc2cc3c(cc2C1)OCO3. The molecular formula is C10H11NO3. The molecule has 0 aromatic heterocycles. The number of rotatable bonds is 0. The predicted molar refractivity (Wildman–Crippen MR) is 50.8 cm³/mol. The molecule has 74 valence electrons. The van der Waals surface area contributed by atoms with Crippen LogP contribution in [0.4, 0.5) is 5.69 Å². The maximum absolute atomic E-state index is 9.47. The first-order valence-corrected chi connectivity index (χ1v) is 4.67. The Labute approximate surface area is 81.5 Å². The zero-order valence-corrected chi connectivity index (χ0v) is 7.62. The first-order chi connectivity index (χ1) is 6.83. The van der Waals surface area contributed by atoms with Crippen molar-refractivity contribution in [2.24, 2.45) is 0 Å². The Kier molecular flexibility index (Phi) is 1.58. The molecule has 0 radical (unpaired) electrons. The van der Waals surface area contributed by atoms with Gasteiger partial charge in [-0.2, -0.15) is 0 Å². The number of aliphatic hydroxyl groups excluding tert-OH is 1. The van der Waals surface area contributed by atoms with Crippen LogP contribution >= 0.6 is 0 Å². The smallest absolute Gasteiger partial charge is 0.231 e. The van der Waals surface area contributed by atoms with Crippen LogP contribution in [0.25, 0.3) is 0 Å². The molecule has 2 aliphatic heterocycles. The molecule has 4 nitrogen and oxygen atoms in total. The molecule has 4 heteroatoms. The van der Waals surface area contributed by atoms with Gasteiger partial charge in [0.2, 0.25) is 6.79 Å². The maximum atomic E-state index is 9.47. The van der Waals surface area contributed by atoms with Crippen LogP contribution in [0.5, 0.6) is 11.5 Å². The number of anilines is 1. The van der Waals surface area contributed by atoms with E-state index in [9.17, 15) is 5.11 Å². The molecule has 2 N–H and O–H groups in total. The molecule has 0 saturated carbocycles. The lowest BCUT2D eigenvalue weighted by Crippen LogP contribution is -2.27. The lowest BCUT2D eigenvalue weighted by Gasteiger charge is -2.22. The van der Waals surface area contributed by atoms with Gasteiger partial charge in [-0.15, -0.1) is 0 Å². The summed E-state index contributed by atoms with van der Waals surface area (Å²) in [5.41, 5.74) is 2.13. The summed E-state index contributed by atoms with van der Waals surface area (Å²) in [6.07, 6.45) is 0.377. The largest absolute Gasteiger partial charge is 0.454 e. The van der Waals surface area contributed by atoms with Gasteiger partial charge in [-0.1, -0.05) is 0 Å². The summed E-state index contributed by atoms with van der Waals surface area (Å²) in [7, 11) is 0. The monoisotopic (exact) mass is 193 g/mol. The highest BCUT2D eigenvalue weighted by molar-refractivity contribution is 5.62. The van der Waals surface area contributed by atoms with Gasteiger partial charge >= 0.3 is 0 Å². The van der Waals surface area contributed by atoms with Gasteiger partial charge in [0, 0.05) is 24.7 Å². The highest BCUT2D eigenvalue weighted by Crippen LogP contribution is 2.38. The van der Waals surface area contributed by atoms with E-state index in [0.717, 1.165) is 22.7 Å². The highest BCUT2D eigenvalue weighted by atomic mass is 16.7. The van der Waals surface area contributed by atoms with Crippen molar-refractivity contribution >= 4 is 5.69 Å². The first-order valence-electron chi connectivity index (χ1n) is 4.67. The van der Waals surface area contributed by atoms with E-state index in [0.29, 0.717) is 19.8 Å². The van der Waals surface area contributed by atoms with Gasteiger partial charge in [0.05, 0.1) is 6.10 Å². The summed E-state index contributed by atoms with van der Waals surface area (Å²) >= 11 is 0. The minimum Gasteiger partial charge on any atom is -0.454 e. The molecule has 0 fully saturated rings. The van der Waals surface area contributed by atoms with Gasteiger partial charge in [-0.25, -0.2) is 0 Å². The number of hydrogen-bond acceptors (Lipinski definition) is 4. The van der Waals surface area contributed by atoms with Gasteiger partial charge < -0.3 is 19.9 Å². The van der Waals surface area contributed by atoms with E-state index in [1.54, 1.807) is 0 Å². The number of fused-ring (bicyclic) bond motifs is 2. The molecule has 1 unspecified atom stereocenters. The van der Waals surface area contributed by atoms with Crippen molar-refractivity contribution in [2.45, 2.75) is 12.5 Å². The number of benzene rings is 1. The topological polar surface area (TPSA) is 50.7 Å². The standard InChI is InChI=1S/C10H11NO3/c12-7-1-6-2-9-10(14-5-13-9)3-8(6)11-4-7/h2-3,7,11-12H,1,4-5H2. The van der Waals surface area contributed by atoms with E-state index < -0.39 is 0 Å². The average Bonchev–Trinajstić information content (AvgIpc) is 2.61. The van der Waals surface area contributed by atoms with E-state index in [1.165, 1.54) is 0 Å². The number of aliphatic hydroxyl groups is 1. The Morgan fingerprint density at radius 1 is 1.29 bits per heavy atom. The Bertz CT molecular complexity index is 378. The summed E-state index contributed by atoms with van der Waals surface area (Å²) in [6, 6.07) is 3.87. The van der Waals surface area contributed by atoms with E-state index in [2.05, 4.69) is 5.32 Å². The Hall–Kier alpha value is -1.42. The third-order valence-electron chi connectivity index (χ3n) is 2.58. The molecule has 2 aliphatic rings. The summed E-state index contributed by atoms with van der Waals surface area (Å²) in [5.74, 6) is 1.56. The van der Waals surface area contributed by atoms with Gasteiger partial charge in [0.1, 0.15) is 0 Å². The second-order valence-electron chi connectivity index (χ2n) is 3.60. The average molecular weight is 193 g/mol. The van der Waals surface area contributed by atoms with Crippen LogP contribution < -0.4 is 14.8 Å². The number of ether oxygens (including phenoxy) is 2. The van der Waals surface area contributed by atoms with E-state index in [-0.39, 0.29) is 6.10 Å². The van der Waals surface area contributed by atoms with Gasteiger partial charge in [0.25, 0.3) is 0 Å². The Morgan fingerprint density at radius 2 is 2.07 bits per heavy atom. The summed E-state index contributed by atoms with van der Waals surface area (Å²) < 4.78 is 10.5. The molecule has 0 saturated heterocycles. The molecule has 0 spiro atoms. The number of hydrogen-bond donors (Lipinski definition) is 2. The molecule has 14 heavy (non-hydrogen) atoms. The molecular weight excluding hydrogens is 182 g/mol. The third-order valence-corrected chi connectivity index (χ3v) is 2.58. The molecule has 1 atom stereocenters. The Morgan fingerprint density at radius 3 is 2.93 bits per heavy atom. The minimum absolute atomic E-state index is 0.292. The van der Waals surface area contributed by atoms with Crippen LogP contribution in [0.1, 0.15) is 5.56 Å². The maximum Gasteiger partial charge on any atom is 0.231 e. The van der Waals surface area contributed by atoms with Crippen LogP contribution in [0.2, 0.25) is 0 Å². The zero-order chi connectivity index (χ0) is 9.54. The first kappa shape index (κ1) is 7.94. The van der Waals surface area contributed by atoms with Gasteiger partial charge in [-0.05, 0) is 11.6 Å². The third kappa shape index (κ3) is 1.11. The van der Waals surface area contributed by atoms with Crippen LogP contribution in [-0.2, 0) is 6.42 Å². The summed E-state index contributed by atoms with van der Waals surface area (Å²) in [4.78, 5) is 0. The van der Waals surface area contributed by atoms with Crippen molar-refractivity contribution in [1.29, 1.82) is 0 Å². The highest BCUT2D eigenvalue weighted by Gasteiger charge is 2.21. The summed E-state index contributed by atoms with van der Waals surface area (Å²) in [5, 5.41) is 12.6. The van der Waals surface area contributed by atoms with Gasteiger partial charge in [-0.3, -0.25) is 0 Å². The summed E-state index contributed by atoms with van der Waals surface area (Å²) in [6.45, 7) is 0.896. The molecule has 0 aliphatic carbocycles. The predicted octanol–water partition coefficient (Wildman–Crippen LogP) is 0.744. The lowest BCUT2D eigenvalue weighted by molar-refractivity contribution is 0.174. The van der Waals surface area contributed by atoms with Crippen LogP contribution in [0.3, 0.4) is 0 Å². The molecule has 1 aromatic carbocycles. The normalized spacial score (nSPS) is 22.8. The molecule has 0 amide bonds. The fourth-order valence-corrected chi connectivity index (χ4v) is 1.87. The van der Waals surface area contributed by atoms with E-state index in [1.807, 2.05) is 12.1 Å². The Balaban J connectivity index is 2.06. The van der Waals surface area contributed by atoms with Crippen molar-refractivity contribution in [3.63, 3.8) is 0 Å². The van der Waals surface area contributed by atoms with Crippen LogP contribution in [0.15, 0.2) is 12.1 Å². The number of β-amino-alcohol motifs (C(OH)–C–C–N with tert-alkyl or cyclic N) is 1. The second kappa shape index (κ2) is 2.78. The zero-order valence-electron chi connectivity index (χ0n) is 7.62. The van der Waals surface area contributed by atoms with Crippen molar-refractivity contribution < 1.29 is 14.6 Å². The fraction of sp³-hybridized carbons (Fsp3) is 0.400. The molecule has 3 rings (SSSR count). The van der Waals surface area contributed by atoms with Crippen molar-refractivity contribution in [2.75, 3.05) is 18.7 Å². The van der Waals surface area contributed by atoms with Crippen LogP contribution in [0, 0.1) is 0 Å². The minimum atomic E-state index is -0.303. The molecule has 1 aromatic rings. The second-order valence-corrected chi connectivity index (χ2v) is 3.60. The lowest BCUT2D eigenvalue weighted by atomic mass is 10.0. The van der Waals surface area contributed by atoms with Crippen LogP contribution in [-0.4, -0.2) is 24.5 Å². The van der Waals surface area contributed by atoms with Crippen molar-refractivity contribution in [3.8, 4) is 11.5 Å². The molecule has 2 heterocycles. The fourth-order valence-electron chi connectivity index (χ4n) is 1.87.